The van der Waals surface area contributed by atoms with Crippen LogP contribution in [0, 0.1) is 12.7 Å². The van der Waals surface area contributed by atoms with E-state index in [0.717, 1.165) is 24.2 Å². The molecule has 1 aromatic rings. The third kappa shape index (κ3) is 3.76. The van der Waals surface area contributed by atoms with E-state index in [0.29, 0.717) is 6.04 Å². The Morgan fingerprint density at radius 2 is 2.10 bits per heavy atom. The van der Waals surface area contributed by atoms with Crippen LogP contribution in [-0.4, -0.2) is 19.1 Å². The summed E-state index contributed by atoms with van der Waals surface area (Å²) in [6, 6.07) is 4.48. The van der Waals surface area contributed by atoms with Crippen molar-refractivity contribution in [2.45, 2.75) is 65.5 Å². The molecule has 1 aliphatic rings. The van der Waals surface area contributed by atoms with Crippen molar-refractivity contribution in [3.05, 3.63) is 29.1 Å². The Kier molecular flexibility index (Phi) is 5.63. The highest BCUT2D eigenvalue weighted by Crippen LogP contribution is 2.33. The number of hydrogen-bond donors (Lipinski definition) is 1. The van der Waals surface area contributed by atoms with Crippen molar-refractivity contribution in [3.8, 4) is 0 Å². The van der Waals surface area contributed by atoms with Crippen LogP contribution in [-0.2, 0) is 0 Å². The number of nitrogens with zero attached hydrogens (tertiary/aromatic N) is 1. The minimum Gasteiger partial charge on any atom is -0.369 e. The summed E-state index contributed by atoms with van der Waals surface area (Å²) in [7, 11) is 0. The molecule has 0 radical (unpaired) electrons. The zero-order chi connectivity index (χ0) is 15.4. The van der Waals surface area contributed by atoms with E-state index in [2.05, 4.69) is 31.0 Å². The first kappa shape index (κ1) is 16.3. The van der Waals surface area contributed by atoms with Gasteiger partial charge in [-0.25, -0.2) is 4.39 Å². The van der Waals surface area contributed by atoms with Crippen molar-refractivity contribution in [2.75, 3.05) is 18.0 Å². The lowest BCUT2D eigenvalue weighted by Gasteiger charge is -2.33. The van der Waals surface area contributed by atoms with Gasteiger partial charge in [-0.05, 0) is 63.4 Å². The highest BCUT2D eigenvalue weighted by atomic mass is 19.1. The Morgan fingerprint density at radius 3 is 2.81 bits per heavy atom. The SMILES string of the molecule is CCNC(C)c1cc(F)c(C)cc1N1CCCCCC1C. The molecule has 0 amide bonds. The van der Waals surface area contributed by atoms with Crippen molar-refractivity contribution in [1.29, 1.82) is 0 Å². The number of nitrogens with one attached hydrogen (secondary N) is 1. The Bertz CT molecular complexity index is 473. The lowest BCUT2D eigenvalue weighted by atomic mass is 10.0. The fourth-order valence-corrected chi connectivity index (χ4v) is 3.33. The third-order valence-electron chi connectivity index (χ3n) is 4.65. The first-order valence-corrected chi connectivity index (χ1v) is 8.34. The highest BCUT2D eigenvalue weighted by Gasteiger charge is 2.22. The zero-order valence-electron chi connectivity index (χ0n) is 13.9. The number of benzene rings is 1. The van der Waals surface area contributed by atoms with Crippen LogP contribution in [0.25, 0.3) is 0 Å². The molecule has 0 aliphatic carbocycles. The van der Waals surface area contributed by atoms with Gasteiger partial charge in [0.25, 0.3) is 0 Å². The van der Waals surface area contributed by atoms with Gasteiger partial charge in [0, 0.05) is 24.3 Å². The Morgan fingerprint density at radius 1 is 1.33 bits per heavy atom. The molecule has 2 rings (SSSR count). The predicted molar refractivity (Wildman–Crippen MR) is 88.5 cm³/mol. The fraction of sp³-hybridized carbons (Fsp3) is 0.667. The quantitative estimate of drug-likeness (QED) is 0.874. The standard InChI is InChI=1S/C18H29FN2/c1-5-20-15(4)16-12-17(19)13(2)11-18(16)21-10-8-6-7-9-14(21)3/h11-12,14-15,20H,5-10H2,1-4H3. The van der Waals surface area contributed by atoms with Crippen LogP contribution in [0.15, 0.2) is 12.1 Å². The average Bonchev–Trinajstić information content (AvgIpc) is 2.66. The summed E-state index contributed by atoms with van der Waals surface area (Å²) in [6.07, 6.45) is 5.07. The van der Waals surface area contributed by atoms with E-state index >= 15 is 0 Å². The molecule has 0 saturated carbocycles. The third-order valence-corrected chi connectivity index (χ3v) is 4.65. The summed E-state index contributed by atoms with van der Waals surface area (Å²) in [5.74, 6) is -0.0963. The van der Waals surface area contributed by atoms with E-state index in [-0.39, 0.29) is 11.9 Å². The maximum Gasteiger partial charge on any atom is 0.126 e. The van der Waals surface area contributed by atoms with Gasteiger partial charge in [0.15, 0.2) is 0 Å². The summed E-state index contributed by atoms with van der Waals surface area (Å²) in [5.41, 5.74) is 3.05. The van der Waals surface area contributed by atoms with E-state index in [9.17, 15) is 4.39 Å². The van der Waals surface area contributed by atoms with Gasteiger partial charge in [0.2, 0.25) is 0 Å². The van der Waals surface area contributed by atoms with Crippen LogP contribution in [0.2, 0.25) is 0 Å². The molecule has 2 nitrogen and oxygen atoms in total. The molecule has 118 valence electrons. The fourth-order valence-electron chi connectivity index (χ4n) is 3.33. The average molecular weight is 292 g/mol. The lowest BCUT2D eigenvalue weighted by molar-refractivity contribution is 0.568. The molecule has 1 aromatic carbocycles. The number of rotatable bonds is 4. The van der Waals surface area contributed by atoms with Crippen molar-refractivity contribution in [1.82, 2.24) is 5.32 Å². The van der Waals surface area contributed by atoms with Gasteiger partial charge >= 0.3 is 0 Å². The molecule has 1 aliphatic heterocycles. The second-order valence-electron chi connectivity index (χ2n) is 6.33. The molecular formula is C18H29FN2. The number of halogens is 1. The predicted octanol–water partition coefficient (Wildman–Crippen LogP) is 4.57. The lowest BCUT2D eigenvalue weighted by Crippen LogP contribution is -2.34. The summed E-state index contributed by atoms with van der Waals surface area (Å²) < 4.78 is 14.1. The molecule has 0 spiro atoms. The van der Waals surface area contributed by atoms with E-state index in [1.54, 1.807) is 6.07 Å². The Balaban J connectivity index is 2.41. The van der Waals surface area contributed by atoms with E-state index in [4.69, 9.17) is 0 Å². The monoisotopic (exact) mass is 292 g/mol. The number of aryl methyl sites for hydroxylation is 1. The summed E-state index contributed by atoms with van der Waals surface area (Å²) in [5, 5.41) is 3.43. The van der Waals surface area contributed by atoms with Crippen LogP contribution in [0.4, 0.5) is 10.1 Å². The topological polar surface area (TPSA) is 15.3 Å². The van der Waals surface area contributed by atoms with Gasteiger partial charge in [-0.3, -0.25) is 0 Å². The van der Waals surface area contributed by atoms with Gasteiger partial charge in [0.1, 0.15) is 5.82 Å². The molecule has 3 heteroatoms. The van der Waals surface area contributed by atoms with E-state index in [1.807, 2.05) is 13.0 Å². The molecule has 0 aromatic heterocycles. The second kappa shape index (κ2) is 7.26. The summed E-state index contributed by atoms with van der Waals surface area (Å²) >= 11 is 0. The van der Waals surface area contributed by atoms with Crippen molar-refractivity contribution in [3.63, 3.8) is 0 Å². The van der Waals surface area contributed by atoms with Crippen LogP contribution >= 0.6 is 0 Å². The van der Waals surface area contributed by atoms with Crippen molar-refractivity contribution >= 4 is 5.69 Å². The molecule has 0 bridgehead atoms. The van der Waals surface area contributed by atoms with Crippen molar-refractivity contribution in [2.24, 2.45) is 0 Å². The zero-order valence-corrected chi connectivity index (χ0v) is 13.9. The highest BCUT2D eigenvalue weighted by molar-refractivity contribution is 5.58. The normalized spacial score (nSPS) is 21.2. The van der Waals surface area contributed by atoms with Gasteiger partial charge < -0.3 is 10.2 Å². The number of hydrogen-bond acceptors (Lipinski definition) is 2. The molecule has 1 fully saturated rings. The minimum atomic E-state index is -0.0963. The van der Waals surface area contributed by atoms with Crippen LogP contribution < -0.4 is 10.2 Å². The van der Waals surface area contributed by atoms with Crippen molar-refractivity contribution < 1.29 is 4.39 Å². The van der Waals surface area contributed by atoms with E-state index < -0.39 is 0 Å². The first-order chi connectivity index (χ1) is 10.0. The molecule has 1 saturated heterocycles. The smallest absolute Gasteiger partial charge is 0.126 e. The van der Waals surface area contributed by atoms with Gasteiger partial charge in [0.05, 0.1) is 0 Å². The molecule has 1 heterocycles. The molecular weight excluding hydrogens is 263 g/mol. The maximum absolute atomic E-state index is 14.1. The molecule has 2 unspecified atom stereocenters. The maximum atomic E-state index is 14.1. The molecule has 2 atom stereocenters. The van der Waals surface area contributed by atoms with Gasteiger partial charge in [-0.15, -0.1) is 0 Å². The van der Waals surface area contributed by atoms with Crippen LogP contribution in [0.1, 0.15) is 63.6 Å². The van der Waals surface area contributed by atoms with E-state index in [1.165, 1.54) is 31.4 Å². The molecule has 1 N–H and O–H groups in total. The van der Waals surface area contributed by atoms with Gasteiger partial charge in [-0.2, -0.15) is 0 Å². The Hall–Kier alpha value is -1.09. The molecule has 21 heavy (non-hydrogen) atoms. The first-order valence-electron chi connectivity index (χ1n) is 8.34. The number of anilines is 1. The van der Waals surface area contributed by atoms with Crippen LogP contribution in [0.5, 0.6) is 0 Å². The summed E-state index contributed by atoms with van der Waals surface area (Å²) in [4.78, 5) is 2.49. The largest absolute Gasteiger partial charge is 0.369 e. The Labute approximate surface area is 128 Å². The van der Waals surface area contributed by atoms with Crippen LogP contribution in [0.3, 0.4) is 0 Å². The minimum absolute atomic E-state index is 0.0963. The van der Waals surface area contributed by atoms with Gasteiger partial charge in [-0.1, -0.05) is 19.8 Å². The second-order valence-corrected chi connectivity index (χ2v) is 6.33. The summed E-state index contributed by atoms with van der Waals surface area (Å²) in [6.45, 7) is 10.4.